The van der Waals surface area contributed by atoms with E-state index in [0.29, 0.717) is 6.54 Å². The van der Waals surface area contributed by atoms with Crippen molar-refractivity contribution < 1.29 is 14.0 Å². The van der Waals surface area contributed by atoms with Crippen LogP contribution in [0.1, 0.15) is 22.8 Å². The number of rotatable bonds is 5. The van der Waals surface area contributed by atoms with Gasteiger partial charge in [0.1, 0.15) is 11.9 Å². The van der Waals surface area contributed by atoms with Gasteiger partial charge in [0.2, 0.25) is 5.91 Å². The Bertz CT molecular complexity index is 661. The zero-order valence-corrected chi connectivity index (χ0v) is 12.0. The predicted molar refractivity (Wildman–Crippen MR) is 79.4 cm³/mol. The Hall–Kier alpha value is -2.76. The fourth-order valence-corrected chi connectivity index (χ4v) is 1.83. The molecule has 0 spiro atoms. The molecule has 5 nitrogen and oxygen atoms in total. The molecule has 0 aliphatic carbocycles. The Balaban J connectivity index is 1.89. The van der Waals surface area contributed by atoms with Gasteiger partial charge in [0.05, 0.1) is 5.56 Å². The zero-order chi connectivity index (χ0) is 15.9. The molecule has 2 N–H and O–H groups in total. The van der Waals surface area contributed by atoms with Crippen molar-refractivity contribution in [3.05, 3.63) is 65.7 Å². The Kier molecular flexibility index (Phi) is 5.19. The third-order valence-corrected chi connectivity index (χ3v) is 3.05. The molecule has 0 aliphatic rings. The maximum atomic E-state index is 13.5. The Morgan fingerprint density at radius 2 is 2.00 bits per heavy atom. The normalized spacial score (nSPS) is 11.5. The van der Waals surface area contributed by atoms with Crippen LogP contribution in [0.2, 0.25) is 0 Å². The zero-order valence-electron chi connectivity index (χ0n) is 12.0. The maximum absolute atomic E-state index is 13.5. The van der Waals surface area contributed by atoms with Gasteiger partial charge in [-0.3, -0.25) is 14.6 Å². The summed E-state index contributed by atoms with van der Waals surface area (Å²) < 4.78 is 13.5. The smallest absolute Gasteiger partial charge is 0.254 e. The van der Waals surface area contributed by atoms with Crippen LogP contribution in [0, 0.1) is 5.82 Å². The van der Waals surface area contributed by atoms with E-state index < -0.39 is 17.8 Å². The lowest BCUT2D eigenvalue weighted by Crippen LogP contribution is -2.44. The van der Waals surface area contributed by atoms with Crippen molar-refractivity contribution in [1.82, 2.24) is 15.6 Å². The van der Waals surface area contributed by atoms with Crippen LogP contribution in [-0.2, 0) is 11.3 Å². The number of nitrogens with one attached hydrogen (secondary N) is 2. The van der Waals surface area contributed by atoms with Crippen LogP contribution in [0.3, 0.4) is 0 Å². The van der Waals surface area contributed by atoms with Crippen LogP contribution in [-0.4, -0.2) is 22.8 Å². The molecule has 2 amide bonds. The molecular formula is C16H16FN3O2. The second-order valence-electron chi connectivity index (χ2n) is 4.75. The summed E-state index contributed by atoms with van der Waals surface area (Å²) >= 11 is 0. The van der Waals surface area contributed by atoms with Crippen molar-refractivity contribution in [2.75, 3.05) is 0 Å². The van der Waals surface area contributed by atoms with E-state index >= 15 is 0 Å². The first-order valence-corrected chi connectivity index (χ1v) is 6.80. The first-order valence-electron chi connectivity index (χ1n) is 6.80. The van der Waals surface area contributed by atoms with Crippen LogP contribution in [0.4, 0.5) is 4.39 Å². The molecule has 0 saturated heterocycles. The lowest BCUT2D eigenvalue weighted by molar-refractivity contribution is -0.122. The monoisotopic (exact) mass is 301 g/mol. The van der Waals surface area contributed by atoms with Crippen molar-refractivity contribution in [1.29, 1.82) is 0 Å². The van der Waals surface area contributed by atoms with E-state index in [1.165, 1.54) is 25.1 Å². The van der Waals surface area contributed by atoms with Crippen molar-refractivity contribution in [3.63, 3.8) is 0 Å². The number of carbonyl (C=O) groups is 2. The molecule has 1 atom stereocenters. The van der Waals surface area contributed by atoms with Gasteiger partial charge in [-0.25, -0.2) is 4.39 Å². The Morgan fingerprint density at radius 1 is 1.23 bits per heavy atom. The largest absolute Gasteiger partial charge is 0.350 e. The molecule has 6 heteroatoms. The number of pyridine rings is 1. The summed E-state index contributed by atoms with van der Waals surface area (Å²) in [5.74, 6) is -1.60. The van der Waals surface area contributed by atoms with Gasteiger partial charge >= 0.3 is 0 Å². The number of aromatic nitrogens is 1. The molecule has 0 saturated carbocycles. The SMILES string of the molecule is C[C@@H](NC(=O)c1ccccc1F)C(=O)NCc1cccnc1. The van der Waals surface area contributed by atoms with Crippen molar-refractivity contribution in [3.8, 4) is 0 Å². The molecule has 0 fully saturated rings. The highest BCUT2D eigenvalue weighted by atomic mass is 19.1. The highest BCUT2D eigenvalue weighted by Crippen LogP contribution is 2.06. The van der Waals surface area contributed by atoms with E-state index in [1.54, 1.807) is 24.5 Å². The van der Waals surface area contributed by atoms with E-state index in [9.17, 15) is 14.0 Å². The van der Waals surface area contributed by atoms with Gasteiger partial charge in [0, 0.05) is 18.9 Å². The molecular weight excluding hydrogens is 285 g/mol. The van der Waals surface area contributed by atoms with Gasteiger partial charge in [-0.1, -0.05) is 18.2 Å². The third-order valence-electron chi connectivity index (χ3n) is 3.05. The van der Waals surface area contributed by atoms with Gasteiger partial charge in [0.25, 0.3) is 5.91 Å². The minimum atomic E-state index is -0.774. The summed E-state index contributed by atoms with van der Waals surface area (Å²) in [5, 5.41) is 5.15. The number of halogens is 1. The molecule has 22 heavy (non-hydrogen) atoms. The Labute approximate surface area is 127 Å². The molecule has 2 rings (SSSR count). The first-order chi connectivity index (χ1) is 10.6. The summed E-state index contributed by atoms with van der Waals surface area (Å²) in [6, 6.07) is 8.44. The highest BCUT2D eigenvalue weighted by molar-refractivity contribution is 5.97. The van der Waals surface area contributed by atoms with Crippen LogP contribution in [0.5, 0.6) is 0 Å². The predicted octanol–water partition coefficient (Wildman–Crippen LogP) is 1.66. The number of amides is 2. The van der Waals surface area contributed by atoms with E-state index in [-0.39, 0.29) is 11.5 Å². The summed E-state index contributed by atoms with van der Waals surface area (Å²) in [7, 11) is 0. The fraction of sp³-hybridized carbons (Fsp3) is 0.188. The number of nitrogens with zero attached hydrogens (tertiary/aromatic N) is 1. The molecule has 1 aromatic heterocycles. The fourth-order valence-electron chi connectivity index (χ4n) is 1.83. The highest BCUT2D eigenvalue weighted by Gasteiger charge is 2.18. The van der Waals surface area contributed by atoms with Crippen LogP contribution in [0.25, 0.3) is 0 Å². The lowest BCUT2D eigenvalue weighted by Gasteiger charge is -2.14. The van der Waals surface area contributed by atoms with Crippen molar-refractivity contribution in [2.24, 2.45) is 0 Å². The molecule has 1 aromatic carbocycles. The molecule has 0 aliphatic heterocycles. The third kappa shape index (κ3) is 4.12. The first kappa shape index (κ1) is 15.6. The Morgan fingerprint density at radius 3 is 2.68 bits per heavy atom. The summed E-state index contributed by atoms with van der Waals surface area (Å²) in [4.78, 5) is 27.8. The summed E-state index contributed by atoms with van der Waals surface area (Å²) in [5.41, 5.74) is 0.762. The van der Waals surface area contributed by atoms with Gasteiger partial charge < -0.3 is 10.6 Å². The average molecular weight is 301 g/mol. The number of benzene rings is 1. The lowest BCUT2D eigenvalue weighted by atomic mass is 10.2. The molecule has 0 unspecified atom stereocenters. The van der Waals surface area contributed by atoms with E-state index in [4.69, 9.17) is 0 Å². The van der Waals surface area contributed by atoms with E-state index in [1.807, 2.05) is 6.07 Å². The van der Waals surface area contributed by atoms with Crippen LogP contribution < -0.4 is 10.6 Å². The number of carbonyl (C=O) groups excluding carboxylic acids is 2. The molecule has 0 bridgehead atoms. The van der Waals surface area contributed by atoms with Crippen molar-refractivity contribution in [2.45, 2.75) is 19.5 Å². The quantitative estimate of drug-likeness (QED) is 0.882. The van der Waals surface area contributed by atoms with Crippen LogP contribution in [0.15, 0.2) is 48.8 Å². The second kappa shape index (κ2) is 7.31. The number of hydrogen-bond donors (Lipinski definition) is 2. The summed E-state index contributed by atoms with van der Waals surface area (Å²) in [6.07, 6.45) is 3.28. The molecule has 2 aromatic rings. The average Bonchev–Trinajstić information content (AvgIpc) is 2.53. The second-order valence-corrected chi connectivity index (χ2v) is 4.75. The van der Waals surface area contributed by atoms with Crippen molar-refractivity contribution >= 4 is 11.8 Å². The topological polar surface area (TPSA) is 71.1 Å². The van der Waals surface area contributed by atoms with Gasteiger partial charge in [-0.05, 0) is 30.7 Å². The van der Waals surface area contributed by atoms with Gasteiger partial charge in [0.15, 0.2) is 0 Å². The minimum absolute atomic E-state index is 0.0885. The van der Waals surface area contributed by atoms with Gasteiger partial charge in [-0.2, -0.15) is 0 Å². The van der Waals surface area contributed by atoms with Gasteiger partial charge in [-0.15, -0.1) is 0 Å². The number of hydrogen-bond acceptors (Lipinski definition) is 3. The molecule has 114 valence electrons. The minimum Gasteiger partial charge on any atom is -0.350 e. The van der Waals surface area contributed by atoms with E-state index in [0.717, 1.165) is 5.56 Å². The molecule has 1 heterocycles. The maximum Gasteiger partial charge on any atom is 0.254 e. The molecule has 0 radical (unpaired) electrons. The van der Waals surface area contributed by atoms with E-state index in [2.05, 4.69) is 15.6 Å². The van der Waals surface area contributed by atoms with Crippen LogP contribution >= 0.6 is 0 Å². The standard InChI is InChI=1S/C16H16FN3O2/c1-11(15(21)19-10-12-5-4-8-18-9-12)20-16(22)13-6-2-3-7-14(13)17/h2-9,11H,10H2,1H3,(H,19,21)(H,20,22)/t11-/m1/s1. The summed E-state index contributed by atoms with van der Waals surface area (Å²) in [6.45, 7) is 1.85.